The van der Waals surface area contributed by atoms with Crippen molar-refractivity contribution in [2.45, 2.75) is 50.5 Å². The number of nitrogens with one attached hydrogen (secondary N) is 1. The molecule has 0 unspecified atom stereocenters. The Kier molecular flexibility index (Phi) is 6.56. The summed E-state index contributed by atoms with van der Waals surface area (Å²) in [5, 5.41) is 3.06. The molecular weight excluding hydrogens is 432 g/mol. The van der Waals surface area contributed by atoms with Crippen LogP contribution in [0.4, 0.5) is 5.69 Å². The Morgan fingerprint density at radius 2 is 1.55 bits per heavy atom. The summed E-state index contributed by atoms with van der Waals surface area (Å²) in [6, 6.07) is 19.8. The summed E-state index contributed by atoms with van der Waals surface area (Å²) in [6.07, 6.45) is 4.70. The zero-order valence-corrected chi connectivity index (χ0v) is 20.2. The molecule has 1 amide bonds. The molecule has 172 valence electrons. The Bertz CT molecular complexity index is 1250. The van der Waals surface area contributed by atoms with Crippen molar-refractivity contribution in [3.05, 3.63) is 94.5 Å². The second-order valence-corrected chi connectivity index (χ2v) is 10.7. The van der Waals surface area contributed by atoms with Crippen molar-refractivity contribution in [3.63, 3.8) is 0 Å². The molecule has 0 fully saturated rings. The molecule has 6 heteroatoms. The fourth-order valence-corrected chi connectivity index (χ4v) is 5.41. The molecule has 1 atom stereocenters. The smallest absolute Gasteiger partial charge is 0.264 e. The number of hydrogen-bond donors (Lipinski definition) is 1. The van der Waals surface area contributed by atoms with E-state index in [4.69, 9.17) is 0 Å². The molecule has 0 aromatic heterocycles. The van der Waals surface area contributed by atoms with Crippen molar-refractivity contribution >= 4 is 21.6 Å². The molecule has 0 spiro atoms. The highest BCUT2D eigenvalue weighted by molar-refractivity contribution is 7.92. The van der Waals surface area contributed by atoms with Gasteiger partial charge >= 0.3 is 0 Å². The van der Waals surface area contributed by atoms with Gasteiger partial charge in [-0.05, 0) is 92.6 Å². The van der Waals surface area contributed by atoms with Crippen molar-refractivity contribution in [3.8, 4) is 0 Å². The largest absolute Gasteiger partial charge is 0.346 e. The molecule has 3 aromatic rings. The van der Waals surface area contributed by atoms with Gasteiger partial charge in [-0.15, -0.1) is 0 Å². The summed E-state index contributed by atoms with van der Waals surface area (Å²) in [6.45, 7) is 3.90. The zero-order valence-electron chi connectivity index (χ0n) is 19.3. The molecule has 0 heterocycles. The molecule has 0 aliphatic heterocycles. The molecule has 0 radical (unpaired) electrons. The minimum atomic E-state index is -3.67. The number of carbonyl (C=O) groups is 1. The maximum Gasteiger partial charge on any atom is 0.264 e. The molecule has 1 aliphatic rings. The van der Waals surface area contributed by atoms with Crippen molar-refractivity contribution in [1.82, 2.24) is 5.32 Å². The number of carbonyl (C=O) groups excluding carboxylic acids is 1. The molecule has 0 saturated carbocycles. The fourth-order valence-electron chi connectivity index (χ4n) is 4.22. The molecule has 33 heavy (non-hydrogen) atoms. The topological polar surface area (TPSA) is 66.5 Å². The number of fused-ring (bicyclic) bond motifs is 1. The van der Waals surface area contributed by atoms with Crippen LogP contribution in [-0.2, 0) is 22.9 Å². The minimum absolute atomic E-state index is 0.117. The van der Waals surface area contributed by atoms with Crippen molar-refractivity contribution in [2.75, 3.05) is 11.4 Å². The lowest BCUT2D eigenvalue weighted by Gasteiger charge is -2.21. The number of hydrogen-bond acceptors (Lipinski definition) is 3. The van der Waals surface area contributed by atoms with Gasteiger partial charge in [-0.25, -0.2) is 8.42 Å². The number of anilines is 1. The maximum atomic E-state index is 12.9. The molecule has 1 N–H and O–H groups in total. The average molecular weight is 463 g/mol. The molecule has 0 bridgehead atoms. The predicted molar refractivity (Wildman–Crippen MR) is 132 cm³/mol. The van der Waals surface area contributed by atoms with Crippen LogP contribution in [0.2, 0.25) is 0 Å². The first-order valence-corrected chi connectivity index (χ1v) is 12.8. The quantitative estimate of drug-likeness (QED) is 0.548. The van der Waals surface area contributed by atoms with Crippen LogP contribution in [-0.4, -0.2) is 21.4 Å². The first kappa shape index (κ1) is 23.1. The van der Waals surface area contributed by atoms with Gasteiger partial charge in [-0.2, -0.15) is 0 Å². The molecule has 3 aromatic carbocycles. The van der Waals surface area contributed by atoms with Crippen LogP contribution >= 0.6 is 0 Å². The van der Waals surface area contributed by atoms with Crippen molar-refractivity contribution in [1.29, 1.82) is 0 Å². The van der Waals surface area contributed by atoms with E-state index in [2.05, 4.69) is 23.5 Å². The second-order valence-electron chi connectivity index (χ2n) is 8.76. The van der Waals surface area contributed by atoms with Crippen LogP contribution in [0.5, 0.6) is 0 Å². The summed E-state index contributed by atoms with van der Waals surface area (Å²) in [5.41, 5.74) is 5.89. The number of nitrogens with zero attached hydrogens (tertiary/aromatic N) is 1. The normalized spacial score (nSPS) is 14.3. The Balaban J connectivity index is 1.45. The summed E-state index contributed by atoms with van der Waals surface area (Å²) < 4.78 is 27.1. The molecule has 1 aliphatic carbocycles. The van der Waals surface area contributed by atoms with E-state index in [1.54, 1.807) is 48.5 Å². The van der Waals surface area contributed by atoms with Gasteiger partial charge in [0.1, 0.15) is 0 Å². The van der Waals surface area contributed by atoms with Crippen LogP contribution in [0.15, 0.2) is 71.6 Å². The van der Waals surface area contributed by atoms with Crippen LogP contribution in [0, 0.1) is 6.92 Å². The van der Waals surface area contributed by atoms with E-state index < -0.39 is 10.0 Å². The molecule has 4 rings (SSSR count). The lowest BCUT2D eigenvalue weighted by molar-refractivity contribution is 0.0940. The zero-order chi connectivity index (χ0) is 23.6. The van der Waals surface area contributed by atoms with Gasteiger partial charge < -0.3 is 5.32 Å². The Morgan fingerprint density at radius 1 is 0.909 bits per heavy atom. The third-order valence-corrected chi connectivity index (χ3v) is 8.19. The number of aryl methyl sites for hydroxylation is 3. The van der Waals surface area contributed by atoms with E-state index in [1.807, 2.05) is 13.8 Å². The van der Waals surface area contributed by atoms with E-state index in [9.17, 15) is 13.2 Å². The summed E-state index contributed by atoms with van der Waals surface area (Å²) >= 11 is 0. The first-order chi connectivity index (χ1) is 15.8. The van der Waals surface area contributed by atoms with Gasteiger partial charge in [0.25, 0.3) is 15.9 Å². The SMILES string of the molecule is Cc1ccc(S(=O)(=O)N(C)c2ccc(C(=O)N[C@@H](C)c3ccc4c(c3)CCCC4)cc2)cc1. The number of amides is 1. The fraction of sp³-hybridized carbons (Fsp3) is 0.296. The molecule has 5 nitrogen and oxygen atoms in total. The van der Waals surface area contributed by atoms with E-state index in [1.165, 1.54) is 35.3 Å². The summed E-state index contributed by atoms with van der Waals surface area (Å²) in [4.78, 5) is 13.0. The van der Waals surface area contributed by atoms with E-state index >= 15 is 0 Å². The lowest BCUT2D eigenvalue weighted by atomic mass is 9.89. The van der Waals surface area contributed by atoms with Gasteiger partial charge in [-0.1, -0.05) is 35.9 Å². The van der Waals surface area contributed by atoms with Crippen LogP contribution in [0.25, 0.3) is 0 Å². The van der Waals surface area contributed by atoms with Gasteiger partial charge in [0, 0.05) is 12.6 Å². The van der Waals surface area contributed by atoms with E-state index in [0.29, 0.717) is 11.3 Å². The van der Waals surface area contributed by atoms with Gasteiger partial charge in [0.15, 0.2) is 0 Å². The van der Waals surface area contributed by atoms with Gasteiger partial charge in [0.2, 0.25) is 0 Å². The van der Waals surface area contributed by atoms with Gasteiger partial charge in [0.05, 0.1) is 16.6 Å². The molecule has 0 saturated heterocycles. The third-order valence-electron chi connectivity index (χ3n) is 6.39. The third kappa shape index (κ3) is 4.96. The van der Waals surface area contributed by atoms with Crippen molar-refractivity contribution < 1.29 is 13.2 Å². The highest BCUT2D eigenvalue weighted by Gasteiger charge is 2.21. The summed E-state index contributed by atoms with van der Waals surface area (Å²) in [7, 11) is -2.16. The average Bonchev–Trinajstić information content (AvgIpc) is 2.83. The predicted octanol–water partition coefficient (Wildman–Crippen LogP) is 5.19. The number of sulfonamides is 1. The second kappa shape index (κ2) is 9.40. The highest BCUT2D eigenvalue weighted by atomic mass is 32.2. The Morgan fingerprint density at radius 3 is 2.21 bits per heavy atom. The Labute approximate surface area is 196 Å². The van der Waals surface area contributed by atoms with Crippen LogP contribution in [0.3, 0.4) is 0 Å². The van der Waals surface area contributed by atoms with Crippen molar-refractivity contribution in [2.24, 2.45) is 0 Å². The van der Waals surface area contributed by atoms with Gasteiger partial charge in [-0.3, -0.25) is 9.10 Å². The van der Waals surface area contributed by atoms with Crippen LogP contribution < -0.4 is 9.62 Å². The Hall–Kier alpha value is -3.12. The maximum absolute atomic E-state index is 12.9. The monoisotopic (exact) mass is 462 g/mol. The minimum Gasteiger partial charge on any atom is -0.346 e. The summed E-state index contributed by atoms with van der Waals surface area (Å²) in [5.74, 6) is -0.184. The van der Waals surface area contributed by atoms with E-state index in [-0.39, 0.29) is 16.8 Å². The number of benzene rings is 3. The molecular formula is C27H30N2O3S. The standard InChI is InChI=1S/C27H30N2O3S/c1-19-8-16-26(17-9-19)33(31,32)29(3)25-14-12-22(13-15-25)27(30)28-20(2)23-11-10-21-6-4-5-7-24(21)18-23/h8-18,20H,4-7H2,1-3H3,(H,28,30)/t20-/m0/s1. The lowest BCUT2D eigenvalue weighted by Crippen LogP contribution is -2.28. The highest BCUT2D eigenvalue weighted by Crippen LogP contribution is 2.26. The van der Waals surface area contributed by atoms with E-state index in [0.717, 1.165) is 24.0 Å². The first-order valence-electron chi connectivity index (χ1n) is 11.3. The van der Waals surface area contributed by atoms with Crippen LogP contribution in [0.1, 0.15) is 58.4 Å². The number of rotatable bonds is 6.